The number of hydrogen-bond donors (Lipinski definition) is 1. The molecule has 0 bridgehead atoms. The van der Waals surface area contributed by atoms with Crippen LogP contribution in [0.5, 0.6) is 0 Å². The first-order chi connectivity index (χ1) is 12.8. The van der Waals surface area contributed by atoms with Crippen molar-refractivity contribution in [3.63, 3.8) is 0 Å². The van der Waals surface area contributed by atoms with Gasteiger partial charge in [0.25, 0.3) is 5.91 Å². The molecular formula is C19H17FN2O4S. The Hall–Kier alpha value is -2.74. The highest BCUT2D eigenvalue weighted by atomic mass is 32.2. The topological polar surface area (TPSA) is 83.6 Å². The van der Waals surface area contributed by atoms with E-state index in [4.69, 9.17) is 0 Å². The Morgan fingerprint density at radius 1 is 1.11 bits per heavy atom. The molecule has 0 spiro atoms. The predicted molar refractivity (Wildman–Crippen MR) is 96.6 cm³/mol. The first-order valence-corrected chi connectivity index (χ1v) is 10.2. The molecule has 8 heteroatoms. The minimum absolute atomic E-state index is 0.0108. The van der Waals surface area contributed by atoms with E-state index in [1.165, 1.54) is 17.0 Å². The summed E-state index contributed by atoms with van der Waals surface area (Å²) < 4.78 is 39.4. The second-order valence-corrected chi connectivity index (χ2v) is 8.77. The summed E-state index contributed by atoms with van der Waals surface area (Å²) in [4.78, 5) is 26.0. The number of carbonyl (C=O) groups is 2. The molecule has 0 atom stereocenters. The molecule has 0 aromatic heterocycles. The van der Waals surface area contributed by atoms with Gasteiger partial charge in [0.2, 0.25) is 5.91 Å². The van der Waals surface area contributed by atoms with Crippen molar-refractivity contribution in [2.75, 3.05) is 17.6 Å². The zero-order valence-corrected chi connectivity index (χ0v) is 15.2. The van der Waals surface area contributed by atoms with Crippen molar-refractivity contribution in [3.05, 3.63) is 58.9 Å². The number of anilines is 1. The van der Waals surface area contributed by atoms with Crippen LogP contribution in [0.25, 0.3) is 0 Å². The number of nitrogens with zero attached hydrogens (tertiary/aromatic N) is 1. The third-order valence-electron chi connectivity index (χ3n) is 4.90. The second-order valence-electron chi connectivity index (χ2n) is 6.69. The zero-order valence-electron chi connectivity index (χ0n) is 14.4. The van der Waals surface area contributed by atoms with Crippen LogP contribution in [0.3, 0.4) is 0 Å². The molecule has 6 nitrogen and oxygen atoms in total. The van der Waals surface area contributed by atoms with Gasteiger partial charge in [-0.25, -0.2) is 12.8 Å². The quantitative estimate of drug-likeness (QED) is 0.811. The van der Waals surface area contributed by atoms with Crippen LogP contribution in [0, 0.1) is 5.82 Å². The second kappa shape index (κ2) is 6.45. The van der Waals surface area contributed by atoms with Crippen LogP contribution in [-0.4, -0.2) is 37.4 Å². The molecule has 2 aliphatic heterocycles. The van der Waals surface area contributed by atoms with Crippen LogP contribution in [0.4, 0.5) is 10.1 Å². The lowest BCUT2D eigenvalue weighted by Gasteiger charge is -2.23. The van der Waals surface area contributed by atoms with Crippen LogP contribution in [0.2, 0.25) is 0 Å². The summed E-state index contributed by atoms with van der Waals surface area (Å²) in [6, 6.07) is 9.16. The van der Waals surface area contributed by atoms with Gasteiger partial charge >= 0.3 is 0 Å². The summed E-state index contributed by atoms with van der Waals surface area (Å²) in [6.45, 7) is 0.0879. The number of halogens is 1. The summed E-state index contributed by atoms with van der Waals surface area (Å²) in [6.07, 6.45) is 0.709. The molecule has 1 N–H and O–H groups in total. The Bertz CT molecular complexity index is 1070. The van der Waals surface area contributed by atoms with Crippen molar-refractivity contribution in [1.82, 2.24) is 4.90 Å². The first kappa shape index (κ1) is 17.7. The summed E-state index contributed by atoms with van der Waals surface area (Å²) in [7, 11) is -3.49. The number of hydrogen-bond acceptors (Lipinski definition) is 4. The molecule has 0 fully saturated rings. The summed E-state index contributed by atoms with van der Waals surface area (Å²) in [5, 5.41) is 2.60. The molecule has 4 rings (SSSR count). The van der Waals surface area contributed by atoms with Crippen LogP contribution in [-0.2, 0) is 27.6 Å². The molecule has 27 heavy (non-hydrogen) atoms. The van der Waals surface area contributed by atoms with Gasteiger partial charge in [0.1, 0.15) is 5.82 Å². The highest BCUT2D eigenvalue weighted by molar-refractivity contribution is 7.91. The highest BCUT2D eigenvalue weighted by Crippen LogP contribution is 2.28. The molecule has 0 unspecified atom stereocenters. The Morgan fingerprint density at radius 3 is 2.70 bits per heavy atom. The van der Waals surface area contributed by atoms with Crippen molar-refractivity contribution < 1.29 is 22.4 Å². The van der Waals surface area contributed by atoms with Gasteiger partial charge < -0.3 is 10.2 Å². The molecule has 0 aliphatic carbocycles. The van der Waals surface area contributed by atoms with Gasteiger partial charge in [-0.15, -0.1) is 0 Å². The molecular weight excluding hydrogens is 371 g/mol. The van der Waals surface area contributed by atoms with Gasteiger partial charge in [0.05, 0.1) is 16.2 Å². The van der Waals surface area contributed by atoms with E-state index >= 15 is 0 Å². The largest absolute Gasteiger partial charge is 0.333 e. The average molecular weight is 388 g/mol. The van der Waals surface area contributed by atoms with Crippen molar-refractivity contribution >= 4 is 27.3 Å². The molecule has 0 saturated heterocycles. The smallest absolute Gasteiger partial charge is 0.257 e. The van der Waals surface area contributed by atoms with E-state index in [0.717, 1.165) is 6.07 Å². The molecule has 140 valence electrons. The number of aryl methyl sites for hydroxylation is 1. The molecule has 2 heterocycles. The Morgan fingerprint density at radius 2 is 1.89 bits per heavy atom. The van der Waals surface area contributed by atoms with Gasteiger partial charge in [-0.05, 0) is 35.7 Å². The van der Waals surface area contributed by atoms with Gasteiger partial charge in [0, 0.05) is 25.2 Å². The van der Waals surface area contributed by atoms with Gasteiger partial charge in [-0.3, -0.25) is 9.59 Å². The number of nitrogens with one attached hydrogen (secondary N) is 1. The summed E-state index contributed by atoms with van der Waals surface area (Å²) >= 11 is 0. The summed E-state index contributed by atoms with van der Waals surface area (Å²) in [5.74, 6) is -1.69. The fraction of sp³-hybridized carbons (Fsp3) is 0.263. The lowest BCUT2D eigenvalue weighted by atomic mass is 9.99. The van der Waals surface area contributed by atoms with E-state index in [0.29, 0.717) is 23.2 Å². The van der Waals surface area contributed by atoms with Crippen molar-refractivity contribution in [2.24, 2.45) is 0 Å². The third kappa shape index (κ3) is 3.21. The van der Waals surface area contributed by atoms with Crippen LogP contribution in [0.15, 0.2) is 41.3 Å². The lowest BCUT2D eigenvalue weighted by Crippen LogP contribution is -2.33. The average Bonchev–Trinajstić information content (AvgIpc) is 2.77. The van der Waals surface area contributed by atoms with Gasteiger partial charge in [0.15, 0.2) is 9.84 Å². The summed E-state index contributed by atoms with van der Waals surface area (Å²) in [5.41, 5.74) is 1.49. The fourth-order valence-electron chi connectivity index (χ4n) is 3.47. The molecule has 0 radical (unpaired) electrons. The molecule has 2 aliphatic rings. The maximum Gasteiger partial charge on any atom is 0.257 e. The van der Waals surface area contributed by atoms with E-state index in [9.17, 15) is 22.4 Å². The van der Waals surface area contributed by atoms with Crippen molar-refractivity contribution in [1.29, 1.82) is 0 Å². The van der Waals surface area contributed by atoms with Gasteiger partial charge in [-0.1, -0.05) is 18.2 Å². The SMILES string of the molecule is O=C1CCc2cc(C(=O)N3CCS(=O)(=O)c4ccccc4C3)c(F)cc2N1. The van der Waals surface area contributed by atoms with E-state index in [2.05, 4.69) is 5.32 Å². The Labute approximate surface area is 155 Å². The molecule has 2 amide bonds. The fourth-order valence-corrected chi connectivity index (χ4v) is 4.97. The lowest BCUT2D eigenvalue weighted by molar-refractivity contribution is -0.116. The maximum absolute atomic E-state index is 14.5. The number of fused-ring (bicyclic) bond motifs is 2. The Kier molecular flexibility index (Phi) is 4.22. The number of rotatable bonds is 1. The van der Waals surface area contributed by atoms with Crippen LogP contribution in [0.1, 0.15) is 27.9 Å². The normalized spacial score (nSPS) is 18.1. The van der Waals surface area contributed by atoms with Crippen molar-refractivity contribution in [2.45, 2.75) is 24.3 Å². The monoisotopic (exact) mass is 388 g/mol. The number of sulfone groups is 1. The van der Waals surface area contributed by atoms with E-state index in [1.54, 1.807) is 18.2 Å². The van der Waals surface area contributed by atoms with Crippen LogP contribution >= 0.6 is 0 Å². The maximum atomic E-state index is 14.5. The number of amides is 2. The van der Waals surface area contributed by atoms with E-state index in [-0.39, 0.29) is 41.6 Å². The molecule has 0 saturated carbocycles. The van der Waals surface area contributed by atoms with Crippen LogP contribution < -0.4 is 5.32 Å². The highest BCUT2D eigenvalue weighted by Gasteiger charge is 2.30. The van der Waals surface area contributed by atoms with E-state index < -0.39 is 21.6 Å². The van der Waals surface area contributed by atoms with Gasteiger partial charge in [-0.2, -0.15) is 0 Å². The standard InChI is InChI=1S/C19H17FN2O4S/c20-15-10-16-12(5-6-18(23)21-16)9-14(15)19(24)22-7-8-27(25,26)17-4-2-1-3-13(17)11-22/h1-4,9-10H,5-8,11H2,(H,21,23). The van der Waals surface area contributed by atoms with Crippen molar-refractivity contribution in [3.8, 4) is 0 Å². The number of benzene rings is 2. The Balaban J connectivity index is 1.69. The molecule has 2 aromatic carbocycles. The first-order valence-electron chi connectivity index (χ1n) is 8.57. The minimum Gasteiger partial charge on any atom is -0.333 e. The third-order valence-corrected chi connectivity index (χ3v) is 6.69. The minimum atomic E-state index is -3.49. The zero-order chi connectivity index (χ0) is 19.2. The number of carbonyl (C=O) groups excluding carboxylic acids is 2. The molecule has 2 aromatic rings. The predicted octanol–water partition coefficient (Wildman–Crippen LogP) is 2.14. The van der Waals surface area contributed by atoms with E-state index in [1.807, 2.05) is 0 Å².